The van der Waals surface area contributed by atoms with Gasteiger partial charge in [0.05, 0.1) is 36.4 Å². The van der Waals surface area contributed by atoms with Gasteiger partial charge in [0.1, 0.15) is 11.4 Å². The molecule has 0 amide bonds. The van der Waals surface area contributed by atoms with Crippen LogP contribution in [0.25, 0.3) is 20.9 Å². The van der Waals surface area contributed by atoms with Crippen molar-refractivity contribution in [3.8, 4) is 23.4 Å². The van der Waals surface area contributed by atoms with Crippen LogP contribution in [0.4, 0.5) is 20.2 Å². The second kappa shape index (κ2) is 5.52. The highest BCUT2D eigenvalue weighted by Gasteiger charge is 2.40. The molecule has 0 radical (unpaired) electrons. The highest BCUT2D eigenvalue weighted by Crippen LogP contribution is 2.46. The zero-order chi connectivity index (χ0) is 19.2. The van der Waals surface area contributed by atoms with Crippen molar-refractivity contribution in [2.75, 3.05) is 0 Å². The molecular formula is C16F2N6O2. The molecule has 26 heavy (non-hydrogen) atoms. The van der Waals surface area contributed by atoms with Crippen LogP contribution >= 0.6 is 0 Å². The highest BCUT2D eigenvalue weighted by molar-refractivity contribution is 6.53. The Balaban J connectivity index is 2.68. The van der Waals surface area contributed by atoms with Crippen molar-refractivity contribution >= 4 is 22.9 Å². The van der Waals surface area contributed by atoms with E-state index in [1.54, 1.807) is 12.1 Å². The minimum atomic E-state index is -1.73. The number of rotatable bonds is 0. The molecule has 0 saturated heterocycles. The molecule has 3 rings (SSSR count). The number of nitriles is 2. The topological polar surface area (TPSA) is 116 Å². The summed E-state index contributed by atoms with van der Waals surface area (Å²) in [7, 11) is 0. The van der Waals surface area contributed by atoms with Gasteiger partial charge in [0.25, 0.3) is 17.7 Å². The summed E-state index contributed by atoms with van der Waals surface area (Å²) in [6, 6.07) is 3.15. The van der Waals surface area contributed by atoms with Crippen LogP contribution in [0.15, 0.2) is 0 Å². The molecule has 120 valence electrons. The first-order valence-electron chi connectivity index (χ1n) is 6.52. The molecule has 0 atom stereocenters. The van der Waals surface area contributed by atoms with E-state index in [-0.39, 0.29) is 0 Å². The van der Waals surface area contributed by atoms with Crippen molar-refractivity contribution in [2.24, 2.45) is 0 Å². The number of nitrogens with zero attached hydrogens (tertiary/aromatic N) is 6. The van der Waals surface area contributed by atoms with Gasteiger partial charge in [-0.2, -0.15) is 19.3 Å². The maximum absolute atomic E-state index is 13.6. The molecule has 10 heteroatoms. The van der Waals surface area contributed by atoms with Crippen molar-refractivity contribution in [1.29, 1.82) is 10.5 Å². The van der Waals surface area contributed by atoms with Crippen LogP contribution < -0.4 is 0 Å². The summed E-state index contributed by atoms with van der Waals surface area (Å²) in [6.45, 7) is 14.3. The number of hydrogen-bond donors (Lipinski definition) is 0. The molecule has 0 spiro atoms. The number of halogens is 2. The minimum absolute atomic E-state index is 0.492. The molecule has 1 heterocycles. The van der Waals surface area contributed by atoms with E-state index in [0.29, 0.717) is 0 Å². The molecule has 1 aromatic heterocycles. The Kier molecular flexibility index (Phi) is 3.47. The second-order valence-corrected chi connectivity index (χ2v) is 4.81. The van der Waals surface area contributed by atoms with Crippen LogP contribution in [0, 0.1) is 47.7 Å². The largest absolute Gasteiger partial charge is 0.285 e. The predicted molar refractivity (Wildman–Crippen MR) is 78.0 cm³/mol. The number of Topliss-reactive ketones (excluding diaryl/α,β-unsaturated/α-hetero) is 2. The second-order valence-electron chi connectivity index (χ2n) is 4.81. The maximum Gasteiger partial charge on any atom is 0.269 e. The summed E-state index contributed by atoms with van der Waals surface area (Å²) in [5, 5.41) is 18.7. The zero-order valence-corrected chi connectivity index (χ0v) is 12.3. The Hall–Kier alpha value is -4.54. The summed E-state index contributed by atoms with van der Waals surface area (Å²) in [5.41, 5.74) is -4.94. The van der Waals surface area contributed by atoms with Crippen LogP contribution in [0.5, 0.6) is 0 Å². The summed E-state index contributed by atoms with van der Waals surface area (Å²) in [4.78, 5) is 37.0. The maximum atomic E-state index is 13.6. The summed E-state index contributed by atoms with van der Waals surface area (Å²) >= 11 is 0. The number of aromatic nitrogens is 2. The molecule has 8 nitrogen and oxygen atoms in total. The fraction of sp³-hybridized carbons (Fsp3) is 0. The van der Waals surface area contributed by atoms with Gasteiger partial charge in [-0.05, 0) is 0 Å². The summed E-state index contributed by atoms with van der Waals surface area (Å²) < 4.78 is 26.9. The Bertz CT molecular complexity index is 1240. The van der Waals surface area contributed by atoms with E-state index in [0.717, 1.165) is 0 Å². The Morgan fingerprint density at radius 2 is 1.27 bits per heavy atom. The first-order valence-corrected chi connectivity index (χ1v) is 6.52. The predicted octanol–water partition coefficient (Wildman–Crippen LogP) is 2.65. The lowest BCUT2D eigenvalue weighted by Gasteiger charge is -2.20. The lowest BCUT2D eigenvalue weighted by molar-refractivity contribution is 0.0811. The van der Waals surface area contributed by atoms with Gasteiger partial charge in [-0.15, -0.1) is 0 Å². The van der Waals surface area contributed by atoms with E-state index in [1.165, 1.54) is 0 Å². The van der Waals surface area contributed by atoms with Crippen LogP contribution in [0.2, 0.25) is 0 Å². The molecule has 1 aliphatic carbocycles. The van der Waals surface area contributed by atoms with Gasteiger partial charge < -0.3 is 0 Å². The average Bonchev–Trinajstić information content (AvgIpc) is 2.65. The lowest BCUT2D eigenvalue weighted by Crippen LogP contribution is -2.26. The number of ketones is 2. The molecule has 0 fully saturated rings. The van der Waals surface area contributed by atoms with Crippen molar-refractivity contribution in [3.05, 3.63) is 57.1 Å². The molecular weight excluding hydrogens is 346 g/mol. The zero-order valence-electron chi connectivity index (χ0n) is 12.3. The first-order chi connectivity index (χ1) is 12.4. The van der Waals surface area contributed by atoms with Crippen LogP contribution in [-0.4, -0.2) is 21.5 Å². The van der Waals surface area contributed by atoms with Crippen molar-refractivity contribution in [1.82, 2.24) is 9.97 Å². The van der Waals surface area contributed by atoms with Gasteiger partial charge in [0, 0.05) is 11.1 Å². The SMILES string of the molecule is [C-]#[N+]c1c(C#N)c2c(c(C#N)c1[N+]#[C-])-c1nc(F)c(F)nc1C(=O)C2=O. The third-order valence-electron chi connectivity index (χ3n) is 3.59. The van der Waals surface area contributed by atoms with Gasteiger partial charge >= 0.3 is 0 Å². The van der Waals surface area contributed by atoms with Gasteiger partial charge in [0.2, 0.25) is 17.2 Å². The third kappa shape index (κ3) is 1.88. The first kappa shape index (κ1) is 16.3. The van der Waals surface area contributed by atoms with Crippen molar-refractivity contribution in [2.45, 2.75) is 0 Å². The molecule has 0 N–H and O–H groups in total. The van der Waals surface area contributed by atoms with Crippen LogP contribution in [-0.2, 0) is 0 Å². The quantitative estimate of drug-likeness (QED) is 0.535. The molecule has 2 aromatic rings. The monoisotopic (exact) mass is 346 g/mol. The normalized spacial score (nSPS) is 11.5. The highest BCUT2D eigenvalue weighted by atomic mass is 19.2. The number of fused-ring (bicyclic) bond motifs is 3. The molecule has 0 bridgehead atoms. The standard InChI is InChI=1S/C16F2N6O2/c1-21-9-5(3-19)7-8(6(4-20)10(9)22-2)13(25)14(26)12-11(7)23-15(17)16(18)24-12. The Morgan fingerprint density at radius 1 is 0.808 bits per heavy atom. The number of hydrogen-bond acceptors (Lipinski definition) is 6. The van der Waals surface area contributed by atoms with Gasteiger partial charge in [-0.25, -0.2) is 19.7 Å². The van der Waals surface area contributed by atoms with Gasteiger partial charge in [-0.1, -0.05) is 0 Å². The summed E-state index contributed by atoms with van der Waals surface area (Å²) in [5.74, 6) is -6.12. The van der Waals surface area contributed by atoms with Crippen LogP contribution in [0.3, 0.4) is 0 Å². The van der Waals surface area contributed by atoms with Gasteiger partial charge in [-0.3, -0.25) is 9.59 Å². The molecule has 0 saturated carbocycles. The van der Waals surface area contributed by atoms with E-state index in [2.05, 4.69) is 19.7 Å². The van der Waals surface area contributed by atoms with E-state index < -0.39 is 68.5 Å². The molecule has 0 aliphatic heterocycles. The van der Waals surface area contributed by atoms with Crippen molar-refractivity contribution in [3.63, 3.8) is 0 Å². The number of carbonyl (C=O) groups is 2. The van der Waals surface area contributed by atoms with E-state index in [4.69, 9.17) is 13.1 Å². The summed E-state index contributed by atoms with van der Waals surface area (Å²) in [6.07, 6.45) is 0. The fourth-order valence-corrected chi connectivity index (χ4v) is 2.57. The Morgan fingerprint density at radius 3 is 1.73 bits per heavy atom. The molecule has 1 aromatic carbocycles. The van der Waals surface area contributed by atoms with Gasteiger partial charge in [0.15, 0.2) is 0 Å². The van der Waals surface area contributed by atoms with E-state index in [1.807, 2.05) is 0 Å². The third-order valence-corrected chi connectivity index (χ3v) is 3.59. The molecule has 1 aliphatic rings. The van der Waals surface area contributed by atoms with Crippen molar-refractivity contribution < 1.29 is 18.4 Å². The number of carbonyl (C=O) groups excluding carboxylic acids is 2. The Labute approximate surface area is 143 Å². The smallest absolute Gasteiger partial charge is 0.269 e. The average molecular weight is 346 g/mol. The number of benzene rings is 1. The minimum Gasteiger partial charge on any atom is -0.285 e. The lowest BCUT2D eigenvalue weighted by atomic mass is 9.82. The van der Waals surface area contributed by atoms with Crippen LogP contribution in [0.1, 0.15) is 32.0 Å². The molecule has 0 unspecified atom stereocenters. The fourth-order valence-electron chi connectivity index (χ4n) is 2.57. The van der Waals surface area contributed by atoms with E-state index in [9.17, 15) is 28.9 Å². The van der Waals surface area contributed by atoms with E-state index >= 15 is 0 Å².